The van der Waals surface area contributed by atoms with Crippen LogP contribution in [-0.2, 0) is 15.7 Å². The molecule has 0 bridgehead atoms. The van der Waals surface area contributed by atoms with Gasteiger partial charge >= 0.3 is 0 Å². The summed E-state index contributed by atoms with van der Waals surface area (Å²) in [6.07, 6.45) is 0.280. The van der Waals surface area contributed by atoms with Crippen molar-refractivity contribution in [2.45, 2.75) is 23.2 Å². The molecule has 0 fully saturated rings. The monoisotopic (exact) mass is 397 g/mol. The van der Waals surface area contributed by atoms with E-state index in [9.17, 15) is 21.6 Å². The van der Waals surface area contributed by atoms with Gasteiger partial charge in [0, 0.05) is 10.5 Å². The Kier molecular flexibility index (Phi) is 4.67. The SMILES string of the molecule is Nc1cccc[n+]1CS(=O)(=O)C1C=C[C@@](F)(C(F)F)C=C1Br. The van der Waals surface area contributed by atoms with Gasteiger partial charge in [-0.15, -0.1) is 0 Å². The second kappa shape index (κ2) is 6.04. The maximum absolute atomic E-state index is 13.8. The highest BCUT2D eigenvalue weighted by Crippen LogP contribution is 2.35. The maximum Gasteiger partial charge on any atom is 0.279 e. The van der Waals surface area contributed by atoms with Gasteiger partial charge in [0.1, 0.15) is 5.25 Å². The van der Waals surface area contributed by atoms with E-state index in [2.05, 4.69) is 15.9 Å². The molecule has 22 heavy (non-hydrogen) atoms. The van der Waals surface area contributed by atoms with E-state index in [1.807, 2.05) is 0 Å². The molecule has 2 N–H and O–H groups in total. The van der Waals surface area contributed by atoms with Crippen molar-refractivity contribution >= 4 is 31.6 Å². The van der Waals surface area contributed by atoms with E-state index in [1.54, 1.807) is 12.1 Å². The van der Waals surface area contributed by atoms with Crippen LogP contribution in [0.2, 0.25) is 0 Å². The lowest BCUT2D eigenvalue weighted by Gasteiger charge is -2.24. The number of halogens is 4. The first-order valence-electron chi connectivity index (χ1n) is 6.16. The Hall–Kier alpha value is -1.35. The number of nitrogen functional groups attached to an aromatic ring is 1. The predicted octanol–water partition coefficient (Wildman–Crippen LogP) is 2.12. The molecule has 0 saturated carbocycles. The molecule has 2 rings (SSSR count). The van der Waals surface area contributed by atoms with Crippen molar-refractivity contribution in [3.05, 3.63) is 47.1 Å². The van der Waals surface area contributed by atoms with E-state index in [1.165, 1.54) is 16.8 Å². The fourth-order valence-electron chi connectivity index (χ4n) is 1.98. The topological polar surface area (TPSA) is 64.0 Å². The number of hydrogen-bond donors (Lipinski definition) is 1. The molecule has 1 aliphatic carbocycles. The third-order valence-electron chi connectivity index (χ3n) is 3.17. The van der Waals surface area contributed by atoms with Crippen molar-refractivity contribution in [3.63, 3.8) is 0 Å². The van der Waals surface area contributed by atoms with Gasteiger partial charge in [-0.3, -0.25) is 5.73 Å². The van der Waals surface area contributed by atoms with E-state index in [4.69, 9.17) is 5.73 Å². The molecule has 1 aromatic rings. The van der Waals surface area contributed by atoms with Crippen LogP contribution in [0, 0.1) is 0 Å². The van der Waals surface area contributed by atoms with Crippen molar-refractivity contribution in [1.29, 1.82) is 0 Å². The molecule has 0 amide bonds. The first kappa shape index (κ1) is 17.0. The molecule has 4 nitrogen and oxygen atoms in total. The second-order valence-corrected chi connectivity index (χ2v) is 7.83. The minimum absolute atomic E-state index is 0.159. The first-order valence-corrected chi connectivity index (χ1v) is 8.67. The van der Waals surface area contributed by atoms with Crippen LogP contribution in [-0.4, -0.2) is 25.8 Å². The smallest absolute Gasteiger partial charge is 0.279 e. The average Bonchev–Trinajstić information content (AvgIpc) is 2.40. The minimum atomic E-state index is -3.81. The highest BCUT2D eigenvalue weighted by Gasteiger charge is 2.42. The van der Waals surface area contributed by atoms with Crippen molar-refractivity contribution in [1.82, 2.24) is 0 Å². The Morgan fingerprint density at radius 2 is 2.09 bits per heavy atom. The van der Waals surface area contributed by atoms with Crippen molar-refractivity contribution in [2.75, 3.05) is 5.73 Å². The molecular weight excluding hydrogens is 385 g/mol. The van der Waals surface area contributed by atoms with Crippen LogP contribution >= 0.6 is 15.9 Å². The Morgan fingerprint density at radius 3 is 2.64 bits per heavy atom. The van der Waals surface area contributed by atoms with Crippen molar-refractivity contribution in [3.8, 4) is 0 Å². The minimum Gasteiger partial charge on any atom is -0.287 e. The standard InChI is InChI=1S/C13H12BrF3N2O2S/c14-9-7-13(17,12(15)16)5-4-10(9)22(20,21)8-19-6-2-1-3-11(19)18/h1-7,10,12,18H,8H2/p+1/t10?,13-/m0/s1. The molecule has 0 saturated heterocycles. The number of anilines is 1. The predicted molar refractivity (Wildman–Crippen MR) is 79.8 cm³/mol. The molecule has 9 heteroatoms. The lowest BCUT2D eigenvalue weighted by molar-refractivity contribution is -0.662. The van der Waals surface area contributed by atoms with E-state index in [-0.39, 0.29) is 10.3 Å². The number of allylic oxidation sites excluding steroid dienone is 2. The van der Waals surface area contributed by atoms with Gasteiger partial charge < -0.3 is 0 Å². The Balaban J connectivity index is 2.29. The summed E-state index contributed by atoms with van der Waals surface area (Å²) in [6.45, 7) is 0. The van der Waals surface area contributed by atoms with E-state index < -0.39 is 33.1 Å². The van der Waals surface area contributed by atoms with Gasteiger partial charge in [0.2, 0.25) is 5.67 Å². The Labute approximate surface area is 134 Å². The summed E-state index contributed by atoms with van der Waals surface area (Å²) >= 11 is 2.88. The third kappa shape index (κ3) is 3.35. The molecule has 1 heterocycles. The Bertz CT molecular complexity index is 737. The van der Waals surface area contributed by atoms with Crippen LogP contribution in [0.5, 0.6) is 0 Å². The Morgan fingerprint density at radius 1 is 1.41 bits per heavy atom. The molecule has 0 aliphatic heterocycles. The summed E-state index contributed by atoms with van der Waals surface area (Å²) < 4.78 is 65.0. The number of pyridine rings is 1. The quantitative estimate of drug-likeness (QED) is 0.625. The number of nitrogens with two attached hydrogens (primary N) is 1. The molecular formula is C13H13BrF3N2O2S+. The van der Waals surface area contributed by atoms with Crippen LogP contribution in [0.3, 0.4) is 0 Å². The normalized spacial score (nSPS) is 25.3. The lowest BCUT2D eigenvalue weighted by atomic mass is 10.0. The van der Waals surface area contributed by atoms with Gasteiger partial charge in [0.15, 0.2) is 15.7 Å². The fourth-order valence-corrected chi connectivity index (χ4v) is 4.85. The fraction of sp³-hybridized carbons (Fsp3) is 0.308. The molecule has 0 spiro atoms. The van der Waals surface area contributed by atoms with Crippen LogP contribution in [0.4, 0.5) is 19.0 Å². The summed E-state index contributed by atoms with van der Waals surface area (Å²) in [7, 11) is -3.81. The number of aromatic nitrogens is 1. The van der Waals surface area contributed by atoms with Gasteiger partial charge in [0.25, 0.3) is 12.2 Å². The summed E-state index contributed by atoms with van der Waals surface area (Å²) in [5.74, 6) is -0.218. The number of rotatable bonds is 4. The highest BCUT2D eigenvalue weighted by molar-refractivity contribution is 9.11. The lowest BCUT2D eigenvalue weighted by Crippen LogP contribution is -2.44. The zero-order valence-electron chi connectivity index (χ0n) is 11.2. The molecule has 0 radical (unpaired) electrons. The summed E-state index contributed by atoms with van der Waals surface area (Å²) in [6, 6.07) is 4.78. The molecule has 120 valence electrons. The maximum atomic E-state index is 13.8. The largest absolute Gasteiger partial charge is 0.287 e. The summed E-state index contributed by atoms with van der Waals surface area (Å²) in [4.78, 5) is 0. The van der Waals surface area contributed by atoms with Gasteiger partial charge in [0.05, 0.1) is 6.20 Å². The van der Waals surface area contributed by atoms with Gasteiger partial charge in [-0.2, -0.15) is 0 Å². The zero-order chi connectivity index (χ0) is 16.5. The summed E-state index contributed by atoms with van der Waals surface area (Å²) in [5, 5.41) is -1.23. The van der Waals surface area contributed by atoms with Crippen LogP contribution in [0.25, 0.3) is 0 Å². The highest BCUT2D eigenvalue weighted by atomic mass is 79.9. The summed E-state index contributed by atoms with van der Waals surface area (Å²) in [5.41, 5.74) is 2.70. The van der Waals surface area contributed by atoms with Crippen LogP contribution < -0.4 is 10.3 Å². The molecule has 1 unspecified atom stereocenters. The molecule has 1 aliphatic rings. The second-order valence-electron chi connectivity index (χ2n) is 4.82. The van der Waals surface area contributed by atoms with Gasteiger partial charge in [-0.05, 0) is 18.2 Å². The molecule has 1 aromatic heterocycles. The van der Waals surface area contributed by atoms with Crippen molar-refractivity contribution in [2.24, 2.45) is 0 Å². The van der Waals surface area contributed by atoms with Crippen LogP contribution in [0.15, 0.2) is 47.1 Å². The molecule has 0 aromatic carbocycles. The van der Waals surface area contributed by atoms with Crippen LogP contribution in [0.1, 0.15) is 0 Å². The van der Waals surface area contributed by atoms with Gasteiger partial charge in [-0.1, -0.05) is 28.1 Å². The number of sulfone groups is 1. The number of alkyl halides is 3. The van der Waals surface area contributed by atoms with Gasteiger partial charge in [-0.25, -0.2) is 26.2 Å². The van der Waals surface area contributed by atoms with E-state index >= 15 is 0 Å². The zero-order valence-corrected chi connectivity index (χ0v) is 13.6. The van der Waals surface area contributed by atoms with E-state index in [0.29, 0.717) is 12.2 Å². The van der Waals surface area contributed by atoms with E-state index in [0.717, 1.165) is 6.08 Å². The number of nitrogens with zero attached hydrogens (tertiary/aromatic N) is 1. The first-order chi connectivity index (χ1) is 10.2. The molecule has 2 atom stereocenters. The number of hydrogen-bond acceptors (Lipinski definition) is 3. The van der Waals surface area contributed by atoms with Crippen molar-refractivity contribution < 1.29 is 26.2 Å². The average molecular weight is 398 g/mol. The third-order valence-corrected chi connectivity index (χ3v) is 6.02.